The molecular formula is C11H17N3O2. The van der Waals surface area contributed by atoms with E-state index in [-0.39, 0.29) is 12.5 Å². The number of amides is 1. The van der Waals surface area contributed by atoms with Crippen LogP contribution in [0.3, 0.4) is 0 Å². The molecule has 5 nitrogen and oxygen atoms in total. The van der Waals surface area contributed by atoms with E-state index in [1.807, 2.05) is 0 Å². The van der Waals surface area contributed by atoms with Crippen LogP contribution in [0.1, 0.15) is 0 Å². The maximum Gasteiger partial charge on any atom is 0.241 e. The van der Waals surface area contributed by atoms with Crippen LogP contribution in [0, 0.1) is 0 Å². The number of rotatable bonds is 4. The SMILES string of the molecule is COc1cc(NCC(=O)N(C)C)ccc1N. The lowest BCUT2D eigenvalue weighted by molar-refractivity contribution is -0.126. The van der Waals surface area contributed by atoms with Crippen molar-refractivity contribution < 1.29 is 9.53 Å². The number of hydrogen-bond donors (Lipinski definition) is 2. The molecule has 0 bridgehead atoms. The van der Waals surface area contributed by atoms with E-state index < -0.39 is 0 Å². The van der Waals surface area contributed by atoms with Crippen molar-refractivity contribution in [3.05, 3.63) is 18.2 Å². The van der Waals surface area contributed by atoms with Crippen LogP contribution in [-0.4, -0.2) is 38.6 Å². The molecule has 1 aromatic carbocycles. The van der Waals surface area contributed by atoms with Crippen LogP contribution in [0.15, 0.2) is 18.2 Å². The van der Waals surface area contributed by atoms with Crippen LogP contribution in [0.5, 0.6) is 5.75 Å². The fraction of sp³-hybridized carbons (Fsp3) is 0.364. The molecule has 0 unspecified atom stereocenters. The Hall–Kier alpha value is -1.91. The van der Waals surface area contributed by atoms with Gasteiger partial charge in [-0.15, -0.1) is 0 Å². The quantitative estimate of drug-likeness (QED) is 0.740. The van der Waals surface area contributed by atoms with Gasteiger partial charge in [0, 0.05) is 25.8 Å². The molecule has 16 heavy (non-hydrogen) atoms. The molecule has 5 heteroatoms. The number of benzene rings is 1. The summed E-state index contributed by atoms with van der Waals surface area (Å²) in [4.78, 5) is 12.9. The number of methoxy groups -OCH3 is 1. The molecule has 0 aliphatic carbocycles. The van der Waals surface area contributed by atoms with Crippen molar-refractivity contribution in [2.75, 3.05) is 38.8 Å². The average Bonchev–Trinajstić information content (AvgIpc) is 2.27. The van der Waals surface area contributed by atoms with Crippen LogP contribution in [0.25, 0.3) is 0 Å². The molecule has 0 aliphatic heterocycles. The van der Waals surface area contributed by atoms with Gasteiger partial charge < -0.3 is 20.7 Å². The summed E-state index contributed by atoms with van der Waals surface area (Å²) < 4.78 is 5.08. The summed E-state index contributed by atoms with van der Waals surface area (Å²) in [6.45, 7) is 0.250. The Morgan fingerprint density at radius 3 is 2.75 bits per heavy atom. The molecule has 0 aliphatic rings. The molecule has 1 aromatic rings. The fourth-order valence-corrected chi connectivity index (χ4v) is 1.16. The second kappa shape index (κ2) is 5.25. The molecule has 0 fully saturated rings. The summed E-state index contributed by atoms with van der Waals surface area (Å²) in [5, 5.41) is 3.00. The third-order valence-electron chi connectivity index (χ3n) is 2.18. The van der Waals surface area contributed by atoms with Crippen LogP contribution in [0.2, 0.25) is 0 Å². The number of nitrogens with two attached hydrogens (primary N) is 1. The zero-order valence-corrected chi connectivity index (χ0v) is 9.78. The molecule has 0 aromatic heterocycles. The summed E-state index contributed by atoms with van der Waals surface area (Å²) in [5.74, 6) is 0.609. The summed E-state index contributed by atoms with van der Waals surface area (Å²) in [6, 6.07) is 5.31. The van der Waals surface area contributed by atoms with Gasteiger partial charge in [0.05, 0.1) is 19.3 Å². The predicted molar refractivity (Wildman–Crippen MR) is 64.6 cm³/mol. The Kier molecular flexibility index (Phi) is 3.99. The van der Waals surface area contributed by atoms with E-state index in [1.54, 1.807) is 39.4 Å². The van der Waals surface area contributed by atoms with Gasteiger partial charge in [-0.25, -0.2) is 0 Å². The highest BCUT2D eigenvalue weighted by atomic mass is 16.5. The first-order valence-electron chi connectivity index (χ1n) is 4.92. The zero-order valence-electron chi connectivity index (χ0n) is 9.78. The molecule has 3 N–H and O–H groups in total. The van der Waals surface area contributed by atoms with Crippen molar-refractivity contribution in [3.8, 4) is 5.75 Å². The summed E-state index contributed by atoms with van der Waals surface area (Å²) in [5.41, 5.74) is 7.06. The van der Waals surface area contributed by atoms with Gasteiger partial charge in [-0.05, 0) is 12.1 Å². The van der Waals surface area contributed by atoms with Gasteiger partial charge in [-0.2, -0.15) is 0 Å². The molecule has 0 atom stereocenters. The number of nitrogen functional groups attached to an aromatic ring is 1. The van der Waals surface area contributed by atoms with Crippen LogP contribution < -0.4 is 15.8 Å². The minimum absolute atomic E-state index is 0.00999. The molecule has 88 valence electrons. The van der Waals surface area contributed by atoms with E-state index in [9.17, 15) is 4.79 Å². The zero-order chi connectivity index (χ0) is 12.1. The van der Waals surface area contributed by atoms with Gasteiger partial charge >= 0.3 is 0 Å². The van der Waals surface area contributed by atoms with Crippen molar-refractivity contribution in [2.45, 2.75) is 0 Å². The van der Waals surface area contributed by atoms with Crippen LogP contribution in [0.4, 0.5) is 11.4 Å². The van der Waals surface area contributed by atoms with Crippen LogP contribution >= 0.6 is 0 Å². The highest BCUT2D eigenvalue weighted by Crippen LogP contribution is 2.24. The third kappa shape index (κ3) is 3.05. The minimum atomic E-state index is 0.00999. The standard InChI is InChI=1S/C11H17N3O2/c1-14(2)11(15)7-13-8-4-5-9(12)10(6-8)16-3/h4-6,13H,7,12H2,1-3H3. The van der Waals surface area contributed by atoms with E-state index in [2.05, 4.69) is 5.32 Å². The van der Waals surface area contributed by atoms with Gasteiger partial charge in [0.2, 0.25) is 5.91 Å². The van der Waals surface area contributed by atoms with Gasteiger partial charge in [0.1, 0.15) is 5.75 Å². The van der Waals surface area contributed by atoms with Gasteiger partial charge in [-0.1, -0.05) is 0 Å². The number of ether oxygens (including phenoxy) is 1. The third-order valence-corrected chi connectivity index (χ3v) is 2.18. The molecule has 0 spiro atoms. The lowest BCUT2D eigenvalue weighted by atomic mass is 10.2. The molecule has 0 heterocycles. The number of nitrogens with zero attached hydrogens (tertiary/aromatic N) is 1. The maximum absolute atomic E-state index is 11.3. The Morgan fingerprint density at radius 2 is 2.19 bits per heavy atom. The predicted octanol–water partition coefficient (Wildman–Crippen LogP) is 0.777. The maximum atomic E-state index is 11.3. The highest BCUT2D eigenvalue weighted by molar-refractivity contribution is 5.80. The molecule has 1 rings (SSSR count). The van der Waals surface area contributed by atoms with Gasteiger partial charge in [0.15, 0.2) is 0 Å². The molecule has 0 radical (unpaired) electrons. The molecule has 1 amide bonds. The Balaban J connectivity index is 2.64. The second-order valence-electron chi connectivity index (χ2n) is 3.60. The minimum Gasteiger partial charge on any atom is -0.495 e. The number of nitrogens with one attached hydrogen (secondary N) is 1. The first-order valence-corrected chi connectivity index (χ1v) is 4.92. The Morgan fingerprint density at radius 1 is 1.50 bits per heavy atom. The lowest BCUT2D eigenvalue weighted by Crippen LogP contribution is -2.28. The van der Waals surface area contributed by atoms with Crippen molar-refractivity contribution in [1.82, 2.24) is 4.90 Å². The summed E-state index contributed by atoms with van der Waals surface area (Å²) >= 11 is 0. The Bertz CT molecular complexity index is 377. The van der Waals surface area contributed by atoms with E-state index in [0.717, 1.165) is 5.69 Å². The molecule has 0 saturated carbocycles. The topological polar surface area (TPSA) is 67.6 Å². The molecular weight excluding hydrogens is 206 g/mol. The van der Waals surface area contributed by atoms with Crippen molar-refractivity contribution >= 4 is 17.3 Å². The van der Waals surface area contributed by atoms with Crippen LogP contribution in [-0.2, 0) is 4.79 Å². The normalized spacial score (nSPS) is 9.69. The van der Waals surface area contributed by atoms with Gasteiger partial charge in [-0.3, -0.25) is 4.79 Å². The van der Waals surface area contributed by atoms with E-state index in [4.69, 9.17) is 10.5 Å². The number of likely N-dealkylation sites (N-methyl/N-ethyl adjacent to an activating group) is 1. The van der Waals surface area contributed by atoms with Crippen molar-refractivity contribution in [2.24, 2.45) is 0 Å². The fourth-order valence-electron chi connectivity index (χ4n) is 1.16. The number of carbonyl (C=O) groups is 1. The first-order chi connectivity index (χ1) is 7.54. The van der Waals surface area contributed by atoms with E-state index in [0.29, 0.717) is 11.4 Å². The van der Waals surface area contributed by atoms with Crippen molar-refractivity contribution in [3.63, 3.8) is 0 Å². The largest absolute Gasteiger partial charge is 0.495 e. The lowest BCUT2D eigenvalue weighted by Gasteiger charge is -2.12. The van der Waals surface area contributed by atoms with Crippen molar-refractivity contribution in [1.29, 1.82) is 0 Å². The second-order valence-corrected chi connectivity index (χ2v) is 3.60. The highest BCUT2D eigenvalue weighted by Gasteiger charge is 2.05. The molecule has 0 saturated heterocycles. The number of carbonyl (C=O) groups excluding carboxylic acids is 1. The average molecular weight is 223 g/mol. The first kappa shape index (κ1) is 12.2. The Labute approximate surface area is 95.2 Å². The summed E-state index contributed by atoms with van der Waals surface area (Å²) in [7, 11) is 4.99. The summed E-state index contributed by atoms with van der Waals surface area (Å²) in [6.07, 6.45) is 0. The monoisotopic (exact) mass is 223 g/mol. The van der Waals surface area contributed by atoms with E-state index >= 15 is 0 Å². The van der Waals surface area contributed by atoms with Gasteiger partial charge in [0.25, 0.3) is 0 Å². The number of anilines is 2. The smallest absolute Gasteiger partial charge is 0.241 e. The van der Waals surface area contributed by atoms with E-state index in [1.165, 1.54) is 4.90 Å². The number of hydrogen-bond acceptors (Lipinski definition) is 4.